The Morgan fingerprint density at radius 3 is 2.93 bits per heavy atom. The van der Waals surface area contributed by atoms with Gasteiger partial charge in [0.1, 0.15) is 0 Å². The first-order valence-electron chi connectivity index (χ1n) is 9.91. The summed E-state index contributed by atoms with van der Waals surface area (Å²) in [6, 6.07) is 8.13. The quantitative estimate of drug-likeness (QED) is 0.850. The van der Waals surface area contributed by atoms with Gasteiger partial charge in [0.25, 0.3) is 0 Å². The van der Waals surface area contributed by atoms with E-state index in [1.165, 1.54) is 18.5 Å². The standard InChI is InChI=1S/C21H28N4O2/c1-27-14-13-24-12-8-16(15-24)21(26)23-18-6-7-19(25-10-2-3-11-25)20-17(18)5-4-9-22-20/h4-7,9,16H,2-3,8,10-15H2,1H3,(H,23,26). The molecule has 1 aromatic heterocycles. The molecule has 2 saturated heterocycles. The van der Waals surface area contributed by atoms with Crippen LogP contribution in [-0.2, 0) is 9.53 Å². The molecule has 1 amide bonds. The summed E-state index contributed by atoms with van der Waals surface area (Å²) in [6.45, 7) is 5.52. The highest BCUT2D eigenvalue weighted by molar-refractivity contribution is 6.05. The van der Waals surface area contributed by atoms with Crippen molar-refractivity contribution in [1.29, 1.82) is 0 Å². The Balaban J connectivity index is 1.51. The first-order chi connectivity index (χ1) is 13.3. The van der Waals surface area contributed by atoms with Crippen molar-refractivity contribution in [2.24, 2.45) is 5.92 Å². The number of hydrogen-bond acceptors (Lipinski definition) is 5. The fourth-order valence-electron chi connectivity index (χ4n) is 4.18. The largest absolute Gasteiger partial charge is 0.383 e. The highest BCUT2D eigenvalue weighted by Gasteiger charge is 2.28. The third-order valence-electron chi connectivity index (χ3n) is 5.71. The van der Waals surface area contributed by atoms with Crippen molar-refractivity contribution in [1.82, 2.24) is 9.88 Å². The van der Waals surface area contributed by atoms with Crippen molar-refractivity contribution in [2.75, 3.05) is 56.7 Å². The van der Waals surface area contributed by atoms with Gasteiger partial charge in [0.05, 0.1) is 29.4 Å². The van der Waals surface area contributed by atoms with Crippen LogP contribution in [0.4, 0.5) is 11.4 Å². The first kappa shape index (κ1) is 18.2. The van der Waals surface area contributed by atoms with Crippen molar-refractivity contribution in [3.8, 4) is 0 Å². The van der Waals surface area contributed by atoms with E-state index in [2.05, 4.69) is 32.2 Å². The van der Waals surface area contributed by atoms with Crippen LogP contribution in [0, 0.1) is 5.92 Å². The summed E-state index contributed by atoms with van der Waals surface area (Å²) in [5.74, 6) is 0.140. The highest BCUT2D eigenvalue weighted by atomic mass is 16.5. The number of carbonyl (C=O) groups excluding carboxylic acids is 1. The van der Waals surface area contributed by atoms with Gasteiger partial charge < -0.3 is 19.9 Å². The minimum atomic E-state index is 0.0341. The molecule has 2 aliphatic rings. The van der Waals surface area contributed by atoms with Crippen LogP contribution >= 0.6 is 0 Å². The maximum atomic E-state index is 12.8. The Morgan fingerprint density at radius 2 is 2.11 bits per heavy atom. The summed E-state index contributed by atoms with van der Waals surface area (Å²) in [5.41, 5.74) is 3.01. The van der Waals surface area contributed by atoms with Crippen molar-refractivity contribution >= 4 is 28.2 Å². The summed E-state index contributed by atoms with van der Waals surface area (Å²) < 4.78 is 5.14. The Morgan fingerprint density at radius 1 is 1.26 bits per heavy atom. The zero-order chi connectivity index (χ0) is 18.6. The van der Waals surface area contributed by atoms with Crippen LogP contribution < -0.4 is 10.2 Å². The number of hydrogen-bond donors (Lipinski definition) is 1. The summed E-state index contributed by atoms with van der Waals surface area (Å²) >= 11 is 0. The van der Waals surface area contributed by atoms with E-state index in [0.29, 0.717) is 6.61 Å². The third-order valence-corrected chi connectivity index (χ3v) is 5.71. The minimum absolute atomic E-state index is 0.0341. The Bertz CT molecular complexity index is 804. The zero-order valence-corrected chi connectivity index (χ0v) is 16.0. The van der Waals surface area contributed by atoms with Gasteiger partial charge >= 0.3 is 0 Å². The molecule has 4 rings (SSSR count). The highest BCUT2D eigenvalue weighted by Crippen LogP contribution is 2.33. The van der Waals surface area contributed by atoms with Crippen LogP contribution in [0.3, 0.4) is 0 Å². The Kier molecular flexibility index (Phi) is 5.55. The lowest BCUT2D eigenvalue weighted by molar-refractivity contribution is -0.119. The van der Waals surface area contributed by atoms with Gasteiger partial charge in [0.15, 0.2) is 0 Å². The zero-order valence-electron chi connectivity index (χ0n) is 16.0. The molecule has 0 saturated carbocycles. The Hall–Kier alpha value is -2.18. The van der Waals surface area contributed by atoms with E-state index in [9.17, 15) is 4.79 Å². The molecule has 1 atom stereocenters. The van der Waals surface area contributed by atoms with Crippen molar-refractivity contribution in [3.05, 3.63) is 30.5 Å². The topological polar surface area (TPSA) is 57.7 Å². The number of methoxy groups -OCH3 is 1. The third kappa shape index (κ3) is 3.92. The van der Waals surface area contributed by atoms with Crippen LogP contribution in [0.5, 0.6) is 0 Å². The van der Waals surface area contributed by atoms with E-state index >= 15 is 0 Å². The molecule has 144 valence electrons. The number of nitrogens with one attached hydrogen (secondary N) is 1. The van der Waals surface area contributed by atoms with Crippen molar-refractivity contribution in [3.63, 3.8) is 0 Å². The number of likely N-dealkylation sites (tertiary alicyclic amines) is 1. The number of pyridine rings is 1. The molecule has 3 heterocycles. The molecule has 1 N–H and O–H groups in total. The second-order valence-electron chi connectivity index (χ2n) is 7.49. The van der Waals surface area contributed by atoms with Crippen LogP contribution in [0.2, 0.25) is 0 Å². The van der Waals surface area contributed by atoms with Gasteiger partial charge in [-0.3, -0.25) is 9.78 Å². The summed E-state index contributed by atoms with van der Waals surface area (Å²) in [7, 11) is 1.71. The summed E-state index contributed by atoms with van der Waals surface area (Å²) in [5, 5.41) is 4.18. The van der Waals surface area contributed by atoms with Gasteiger partial charge in [0.2, 0.25) is 5.91 Å². The number of amides is 1. The number of carbonyl (C=O) groups is 1. The fraction of sp³-hybridized carbons (Fsp3) is 0.524. The van der Waals surface area contributed by atoms with Crippen molar-refractivity contribution in [2.45, 2.75) is 19.3 Å². The molecule has 0 spiro atoms. The van der Waals surface area contributed by atoms with Gasteiger partial charge in [-0.25, -0.2) is 0 Å². The molecule has 2 aromatic rings. The van der Waals surface area contributed by atoms with Crippen LogP contribution in [0.1, 0.15) is 19.3 Å². The molecule has 6 nitrogen and oxygen atoms in total. The maximum Gasteiger partial charge on any atom is 0.228 e. The molecule has 1 aromatic carbocycles. The molecular formula is C21H28N4O2. The van der Waals surface area contributed by atoms with E-state index < -0.39 is 0 Å². The number of aromatic nitrogens is 1. The van der Waals surface area contributed by atoms with E-state index in [0.717, 1.165) is 55.7 Å². The molecule has 27 heavy (non-hydrogen) atoms. The van der Waals surface area contributed by atoms with Gasteiger partial charge in [-0.1, -0.05) is 0 Å². The van der Waals surface area contributed by atoms with Gasteiger partial charge in [-0.15, -0.1) is 0 Å². The minimum Gasteiger partial charge on any atom is -0.383 e. The summed E-state index contributed by atoms with van der Waals surface area (Å²) in [4.78, 5) is 22.1. The number of anilines is 2. The van der Waals surface area contributed by atoms with Gasteiger partial charge in [-0.2, -0.15) is 0 Å². The second kappa shape index (κ2) is 8.23. The lowest BCUT2D eigenvalue weighted by atomic mass is 10.1. The number of ether oxygens (including phenoxy) is 1. The predicted octanol–water partition coefficient (Wildman–Crippen LogP) is 2.74. The summed E-state index contributed by atoms with van der Waals surface area (Å²) in [6.07, 6.45) is 5.19. The molecule has 0 bridgehead atoms. The number of benzene rings is 1. The number of rotatable bonds is 6. The van der Waals surface area contributed by atoms with E-state index in [-0.39, 0.29) is 11.8 Å². The van der Waals surface area contributed by atoms with Gasteiger partial charge in [0, 0.05) is 44.9 Å². The normalized spacial score (nSPS) is 20.5. The lowest BCUT2D eigenvalue weighted by Crippen LogP contribution is -2.29. The monoisotopic (exact) mass is 368 g/mol. The van der Waals surface area contributed by atoms with Gasteiger partial charge in [-0.05, 0) is 50.1 Å². The average molecular weight is 368 g/mol. The molecule has 1 unspecified atom stereocenters. The van der Waals surface area contributed by atoms with Crippen LogP contribution in [0.25, 0.3) is 10.9 Å². The fourth-order valence-corrected chi connectivity index (χ4v) is 4.18. The molecule has 0 radical (unpaired) electrons. The number of nitrogens with zero attached hydrogens (tertiary/aromatic N) is 3. The van der Waals surface area contributed by atoms with E-state index in [4.69, 9.17) is 4.74 Å². The Labute approximate surface area is 160 Å². The number of fused-ring (bicyclic) bond motifs is 1. The average Bonchev–Trinajstić information content (AvgIpc) is 3.39. The van der Waals surface area contributed by atoms with Crippen LogP contribution in [-0.4, -0.2) is 62.2 Å². The lowest BCUT2D eigenvalue weighted by Gasteiger charge is -2.21. The second-order valence-corrected chi connectivity index (χ2v) is 7.49. The van der Waals surface area contributed by atoms with E-state index in [1.807, 2.05) is 18.3 Å². The molecule has 6 heteroatoms. The maximum absolute atomic E-state index is 12.8. The van der Waals surface area contributed by atoms with Crippen LogP contribution in [0.15, 0.2) is 30.5 Å². The molecule has 2 aliphatic heterocycles. The smallest absolute Gasteiger partial charge is 0.228 e. The molecule has 0 aliphatic carbocycles. The SMILES string of the molecule is COCCN1CCC(C(=O)Nc2ccc(N3CCCC3)c3ncccc23)C1. The van der Waals surface area contributed by atoms with E-state index in [1.54, 1.807) is 7.11 Å². The predicted molar refractivity (Wildman–Crippen MR) is 108 cm³/mol. The molecular weight excluding hydrogens is 340 g/mol. The van der Waals surface area contributed by atoms with Crippen molar-refractivity contribution < 1.29 is 9.53 Å². The molecule has 2 fully saturated rings. The first-order valence-corrected chi connectivity index (χ1v) is 9.91.